The van der Waals surface area contributed by atoms with Crippen molar-refractivity contribution in [2.45, 2.75) is 32.4 Å². The fraction of sp³-hybridized carbons (Fsp3) is 0.350. The quantitative estimate of drug-likeness (QED) is 0.675. The van der Waals surface area contributed by atoms with Crippen LogP contribution in [-0.2, 0) is 15.1 Å². The molecule has 1 heterocycles. The van der Waals surface area contributed by atoms with Gasteiger partial charge in [-0.3, -0.25) is 10.1 Å². The zero-order valence-corrected chi connectivity index (χ0v) is 13.9. The van der Waals surface area contributed by atoms with E-state index in [1.807, 2.05) is 57.2 Å². The Morgan fingerprint density at radius 1 is 1.09 bits per heavy atom. The topological polar surface area (TPSA) is 48.2 Å². The lowest BCUT2D eigenvalue weighted by Crippen LogP contribution is -2.42. The number of esters is 1. The molecule has 0 aliphatic carbocycles. The molecule has 120 valence electrons. The van der Waals surface area contributed by atoms with Gasteiger partial charge in [0.1, 0.15) is 0 Å². The third kappa shape index (κ3) is 2.45. The number of hydrogen-bond donors (Lipinski definition) is 1. The van der Waals surface area contributed by atoms with Crippen molar-refractivity contribution >= 4 is 5.97 Å². The van der Waals surface area contributed by atoms with Crippen LogP contribution in [0.5, 0.6) is 0 Å². The Hall–Kier alpha value is -2.13. The summed E-state index contributed by atoms with van der Waals surface area (Å²) in [6, 6.07) is 20.6. The molecule has 0 bridgehead atoms. The number of benzene rings is 2. The zero-order chi connectivity index (χ0) is 16.5. The van der Waals surface area contributed by atoms with Gasteiger partial charge in [0.2, 0.25) is 0 Å². The van der Waals surface area contributed by atoms with Crippen molar-refractivity contribution in [2.24, 2.45) is 5.41 Å². The molecule has 0 unspecified atom stereocenters. The van der Waals surface area contributed by atoms with Gasteiger partial charge in [0.05, 0.1) is 23.6 Å². The Balaban J connectivity index is 2.05. The molecule has 2 aromatic rings. The van der Waals surface area contributed by atoms with Gasteiger partial charge in [-0.15, -0.1) is 0 Å². The van der Waals surface area contributed by atoms with Crippen molar-refractivity contribution in [2.75, 3.05) is 6.61 Å². The SMILES string of the molecule is CCOC(=O)C(C)(C)[C@]1(c2ccccc2)N[C@H]1c1ccccc1. The molecule has 3 nitrogen and oxygen atoms in total. The normalized spacial score (nSPS) is 23.3. The highest BCUT2D eigenvalue weighted by Gasteiger charge is 2.67. The number of ether oxygens (including phenoxy) is 1. The molecule has 2 atom stereocenters. The van der Waals surface area contributed by atoms with E-state index in [9.17, 15) is 4.79 Å². The Kier molecular flexibility index (Phi) is 3.99. The molecule has 1 aliphatic heterocycles. The van der Waals surface area contributed by atoms with E-state index in [-0.39, 0.29) is 12.0 Å². The van der Waals surface area contributed by atoms with Crippen LogP contribution in [-0.4, -0.2) is 12.6 Å². The highest BCUT2D eigenvalue weighted by Crippen LogP contribution is 2.59. The highest BCUT2D eigenvalue weighted by atomic mass is 16.5. The minimum absolute atomic E-state index is 0.102. The molecule has 0 amide bonds. The predicted molar refractivity (Wildman–Crippen MR) is 90.9 cm³/mol. The summed E-state index contributed by atoms with van der Waals surface area (Å²) in [7, 11) is 0. The predicted octanol–water partition coefficient (Wildman–Crippen LogP) is 3.82. The maximum atomic E-state index is 12.6. The monoisotopic (exact) mass is 309 g/mol. The molecule has 0 radical (unpaired) electrons. The standard InChI is InChI=1S/C20H23NO2/c1-4-23-18(22)19(2,3)20(16-13-9-6-10-14-16)17(21-20)15-11-7-5-8-12-15/h5-14,17,21H,4H2,1-3H3/t17-,20+/m0/s1. The molecule has 2 aromatic carbocycles. The van der Waals surface area contributed by atoms with Crippen LogP contribution in [0.2, 0.25) is 0 Å². The van der Waals surface area contributed by atoms with Crippen molar-refractivity contribution in [1.29, 1.82) is 0 Å². The molecule has 3 rings (SSSR count). The molecule has 1 aliphatic rings. The maximum Gasteiger partial charge on any atom is 0.313 e. The average Bonchev–Trinajstić information content (AvgIpc) is 3.34. The van der Waals surface area contributed by atoms with Crippen LogP contribution in [0, 0.1) is 5.41 Å². The first-order valence-electron chi connectivity index (χ1n) is 8.09. The average molecular weight is 309 g/mol. The van der Waals surface area contributed by atoms with Crippen LogP contribution < -0.4 is 5.32 Å². The zero-order valence-electron chi connectivity index (χ0n) is 13.9. The van der Waals surface area contributed by atoms with Crippen molar-refractivity contribution in [3.63, 3.8) is 0 Å². The summed E-state index contributed by atoms with van der Waals surface area (Å²) in [6.07, 6.45) is 0. The second-order valence-electron chi connectivity index (χ2n) is 6.51. The highest BCUT2D eigenvalue weighted by molar-refractivity contribution is 5.80. The summed E-state index contributed by atoms with van der Waals surface area (Å²) in [5.74, 6) is -0.171. The Labute approximate surface area is 137 Å². The molecule has 0 saturated carbocycles. The molecule has 1 fully saturated rings. The first-order chi connectivity index (χ1) is 11.0. The molecule has 23 heavy (non-hydrogen) atoms. The van der Waals surface area contributed by atoms with Crippen LogP contribution in [0.4, 0.5) is 0 Å². The van der Waals surface area contributed by atoms with Gasteiger partial charge in [-0.05, 0) is 31.9 Å². The van der Waals surface area contributed by atoms with Crippen LogP contribution in [0.15, 0.2) is 60.7 Å². The lowest BCUT2D eigenvalue weighted by Gasteiger charge is -2.32. The van der Waals surface area contributed by atoms with E-state index in [0.29, 0.717) is 6.61 Å². The first-order valence-corrected chi connectivity index (χ1v) is 8.09. The van der Waals surface area contributed by atoms with Gasteiger partial charge in [-0.1, -0.05) is 60.7 Å². The molecule has 1 saturated heterocycles. The second-order valence-corrected chi connectivity index (χ2v) is 6.51. The molecular weight excluding hydrogens is 286 g/mol. The van der Waals surface area contributed by atoms with Gasteiger partial charge in [-0.2, -0.15) is 0 Å². The summed E-state index contributed by atoms with van der Waals surface area (Å²) in [4.78, 5) is 12.6. The van der Waals surface area contributed by atoms with E-state index in [2.05, 4.69) is 29.6 Å². The van der Waals surface area contributed by atoms with Crippen LogP contribution >= 0.6 is 0 Å². The molecule has 1 N–H and O–H groups in total. The fourth-order valence-corrected chi connectivity index (χ4v) is 3.49. The fourth-order valence-electron chi connectivity index (χ4n) is 3.49. The molecule has 3 heteroatoms. The van der Waals surface area contributed by atoms with E-state index in [0.717, 1.165) is 5.56 Å². The molecule has 0 aromatic heterocycles. The van der Waals surface area contributed by atoms with E-state index >= 15 is 0 Å². The van der Waals surface area contributed by atoms with Gasteiger partial charge < -0.3 is 4.74 Å². The van der Waals surface area contributed by atoms with Crippen LogP contribution in [0.1, 0.15) is 37.9 Å². The van der Waals surface area contributed by atoms with Gasteiger partial charge in [0.15, 0.2) is 0 Å². The number of carbonyl (C=O) groups is 1. The van der Waals surface area contributed by atoms with Gasteiger partial charge in [0.25, 0.3) is 0 Å². The third-order valence-corrected chi connectivity index (χ3v) is 4.86. The van der Waals surface area contributed by atoms with Crippen LogP contribution in [0.3, 0.4) is 0 Å². The smallest absolute Gasteiger partial charge is 0.313 e. The minimum Gasteiger partial charge on any atom is -0.466 e. The number of nitrogens with one attached hydrogen (secondary N) is 1. The van der Waals surface area contributed by atoms with Crippen molar-refractivity contribution in [3.8, 4) is 0 Å². The lowest BCUT2D eigenvalue weighted by atomic mass is 9.71. The third-order valence-electron chi connectivity index (χ3n) is 4.86. The Morgan fingerprint density at radius 3 is 2.22 bits per heavy atom. The first kappa shape index (κ1) is 15.8. The van der Waals surface area contributed by atoms with Crippen molar-refractivity contribution in [3.05, 3.63) is 71.8 Å². The summed E-state index contributed by atoms with van der Waals surface area (Å²) >= 11 is 0. The van der Waals surface area contributed by atoms with Gasteiger partial charge in [-0.25, -0.2) is 0 Å². The largest absolute Gasteiger partial charge is 0.466 e. The Morgan fingerprint density at radius 2 is 1.65 bits per heavy atom. The number of hydrogen-bond acceptors (Lipinski definition) is 3. The van der Waals surface area contributed by atoms with Crippen molar-refractivity contribution in [1.82, 2.24) is 5.32 Å². The molecule has 0 spiro atoms. The lowest BCUT2D eigenvalue weighted by molar-refractivity contribution is -0.155. The summed E-state index contributed by atoms with van der Waals surface area (Å²) in [5, 5.41) is 3.59. The van der Waals surface area contributed by atoms with Gasteiger partial charge >= 0.3 is 5.97 Å². The number of carbonyl (C=O) groups excluding carboxylic acids is 1. The Bertz CT molecular complexity index is 681. The summed E-state index contributed by atoms with van der Waals surface area (Å²) < 4.78 is 5.36. The minimum atomic E-state index is -0.676. The summed E-state index contributed by atoms with van der Waals surface area (Å²) in [5.41, 5.74) is 1.19. The van der Waals surface area contributed by atoms with Crippen molar-refractivity contribution < 1.29 is 9.53 Å². The van der Waals surface area contributed by atoms with Gasteiger partial charge in [0, 0.05) is 0 Å². The van der Waals surface area contributed by atoms with E-state index < -0.39 is 11.0 Å². The van der Waals surface area contributed by atoms with E-state index in [4.69, 9.17) is 4.74 Å². The van der Waals surface area contributed by atoms with E-state index in [1.165, 1.54) is 5.56 Å². The maximum absolute atomic E-state index is 12.6. The van der Waals surface area contributed by atoms with E-state index in [1.54, 1.807) is 0 Å². The summed E-state index contributed by atoms with van der Waals surface area (Å²) in [6.45, 7) is 6.17. The second kappa shape index (κ2) is 5.82. The molecular formula is C20H23NO2. The number of rotatable bonds is 5. The van der Waals surface area contributed by atoms with Crippen LogP contribution in [0.25, 0.3) is 0 Å².